The Morgan fingerprint density at radius 2 is 2.17 bits per heavy atom. The van der Waals surface area contributed by atoms with Crippen LogP contribution in [0.5, 0.6) is 5.75 Å². The molecule has 2 aliphatic rings. The Morgan fingerprint density at radius 1 is 1.38 bits per heavy atom. The normalized spacial score (nSPS) is 19.5. The summed E-state index contributed by atoms with van der Waals surface area (Å²) in [5.41, 5.74) is 1.25. The first kappa shape index (κ1) is 15.3. The summed E-state index contributed by atoms with van der Waals surface area (Å²) < 4.78 is 5.59. The van der Waals surface area contributed by atoms with Crippen molar-refractivity contribution in [3.8, 4) is 5.75 Å². The van der Waals surface area contributed by atoms with E-state index in [2.05, 4.69) is 10.3 Å². The molecule has 0 bridgehead atoms. The number of ether oxygens (including phenoxy) is 1. The first-order chi connectivity index (χ1) is 11.6. The molecule has 1 amide bonds. The topological polar surface area (TPSA) is 68.3 Å². The largest absolute Gasteiger partial charge is 0.490 e. The summed E-state index contributed by atoms with van der Waals surface area (Å²) in [4.78, 5) is 30.2. The number of ketones is 1. The predicted octanol–water partition coefficient (Wildman–Crippen LogP) is 2.78. The van der Waals surface area contributed by atoms with E-state index in [1.807, 2.05) is 13.0 Å². The summed E-state index contributed by atoms with van der Waals surface area (Å²) >= 11 is 1.44. The zero-order chi connectivity index (χ0) is 16.7. The Hall–Kier alpha value is -2.21. The van der Waals surface area contributed by atoms with Crippen molar-refractivity contribution in [2.24, 2.45) is 5.92 Å². The molecule has 24 heavy (non-hydrogen) atoms. The first-order valence-corrected chi connectivity index (χ1v) is 8.96. The minimum absolute atomic E-state index is 0.106. The van der Waals surface area contributed by atoms with Gasteiger partial charge in [0, 0.05) is 6.42 Å². The molecule has 1 atom stereocenters. The second-order valence-electron chi connectivity index (χ2n) is 6.37. The van der Waals surface area contributed by atoms with Gasteiger partial charge in [0.2, 0.25) is 0 Å². The number of aryl methyl sites for hydroxylation is 1. The fourth-order valence-corrected chi connectivity index (χ4v) is 3.96. The number of amides is 1. The Kier molecular flexibility index (Phi) is 3.84. The summed E-state index contributed by atoms with van der Waals surface area (Å²) in [5.74, 6) is 0.962. The maximum Gasteiger partial charge on any atom is 0.263 e. The number of thiazole rings is 1. The van der Waals surface area contributed by atoms with E-state index < -0.39 is 6.04 Å². The Morgan fingerprint density at radius 3 is 2.96 bits per heavy atom. The molecule has 1 aliphatic carbocycles. The molecule has 0 radical (unpaired) electrons. The number of hydrogen-bond donors (Lipinski definition) is 1. The van der Waals surface area contributed by atoms with Gasteiger partial charge in [0.15, 0.2) is 5.78 Å². The molecule has 1 fully saturated rings. The van der Waals surface area contributed by atoms with Crippen LogP contribution in [0.3, 0.4) is 0 Å². The smallest absolute Gasteiger partial charge is 0.263 e. The number of aromatic nitrogens is 1. The van der Waals surface area contributed by atoms with Crippen LogP contribution >= 0.6 is 11.3 Å². The SMILES string of the molecule is Cc1nc(CC2CC2)sc1C(=O)N[C@@H]1COc2ccccc2C1=O. The standard InChI is InChI=1S/C18H18N2O3S/c1-10-17(24-15(19-10)8-11-6-7-11)18(22)20-13-9-23-14-5-3-2-4-12(14)16(13)21/h2-5,11,13H,6-9H2,1H3,(H,20,22)/t13-/m1/s1. The van der Waals surface area contributed by atoms with Gasteiger partial charge in [-0.05, 0) is 37.8 Å². The molecule has 1 aromatic heterocycles. The van der Waals surface area contributed by atoms with Crippen LogP contribution in [0.1, 0.15) is 43.6 Å². The molecule has 0 saturated heterocycles. The van der Waals surface area contributed by atoms with E-state index in [-0.39, 0.29) is 18.3 Å². The highest BCUT2D eigenvalue weighted by atomic mass is 32.1. The molecule has 1 aromatic carbocycles. The second kappa shape index (κ2) is 6.02. The minimum Gasteiger partial charge on any atom is -0.490 e. The van der Waals surface area contributed by atoms with Gasteiger partial charge in [-0.15, -0.1) is 11.3 Å². The third-order valence-electron chi connectivity index (χ3n) is 4.39. The van der Waals surface area contributed by atoms with Gasteiger partial charge in [0.05, 0.1) is 16.3 Å². The molecule has 2 aromatic rings. The maximum absolute atomic E-state index is 12.6. The molecule has 2 heterocycles. The lowest BCUT2D eigenvalue weighted by Gasteiger charge is -2.24. The monoisotopic (exact) mass is 342 g/mol. The molecule has 1 aliphatic heterocycles. The maximum atomic E-state index is 12.6. The Balaban J connectivity index is 1.48. The average molecular weight is 342 g/mol. The van der Waals surface area contributed by atoms with Crippen LogP contribution < -0.4 is 10.1 Å². The Labute approximate surface area is 144 Å². The van der Waals surface area contributed by atoms with Gasteiger partial charge in [-0.2, -0.15) is 0 Å². The van der Waals surface area contributed by atoms with Crippen molar-refractivity contribution >= 4 is 23.0 Å². The van der Waals surface area contributed by atoms with Crippen molar-refractivity contribution in [2.45, 2.75) is 32.2 Å². The van der Waals surface area contributed by atoms with E-state index in [0.29, 0.717) is 16.2 Å². The molecule has 0 spiro atoms. The summed E-state index contributed by atoms with van der Waals surface area (Å²) in [7, 11) is 0. The second-order valence-corrected chi connectivity index (χ2v) is 7.45. The van der Waals surface area contributed by atoms with Gasteiger partial charge in [0.25, 0.3) is 5.91 Å². The van der Waals surface area contributed by atoms with E-state index in [9.17, 15) is 9.59 Å². The van der Waals surface area contributed by atoms with E-state index in [1.165, 1.54) is 24.2 Å². The third kappa shape index (κ3) is 2.94. The van der Waals surface area contributed by atoms with Crippen LogP contribution in [0, 0.1) is 12.8 Å². The summed E-state index contributed by atoms with van der Waals surface area (Å²) in [6.07, 6.45) is 3.47. The van der Waals surface area contributed by atoms with Gasteiger partial charge >= 0.3 is 0 Å². The Bertz CT molecular complexity index is 810. The van der Waals surface area contributed by atoms with Crippen LogP contribution in [0.25, 0.3) is 0 Å². The van der Waals surface area contributed by atoms with Crippen LogP contribution in [0.2, 0.25) is 0 Å². The molecule has 6 heteroatoms. The molecular formula is C18H18N2O3S. The van der Waals surface area contributed by atoms with Crippen LogP contribution in [0.15, 0.2) is 24.3 Å². The highest BCUT2D eigenvalue weighted by Crippen LogP contribution is 2.34. The van der Waals surface area contributed by atoms with Crippen molar-refractivity contribution in [3.05, 3.63) is 45.4 Å². The highest BCUT2D eigenvalue weighted by molar-refractivity contribution is 7.13. The average Bonchev–Trinajstić information content (AvgIpc) is 3.31. The van der Waals surface area contributed by atoms with E-state index in [0.717, 1.165) is 23.0 Å². The summed E-state index contributed by atoms with van der Waals surface area (Å²) in [5, 5.41) is 3.82. The van der Waals surface area contributed by atoms with Crippen LogP contribution in [-0.4, -0.2) is 29.3 Å². The predicted molar refractivity (Wildman–Crippen MR) is 90.8 cm³/mol. The fourth-order valence-electron chi connectivity index (χ4n) is 2.88. The first-order valence-electron chi connectivity index (χ1n) is 8.15. The lowest BCUT2D eigenvalue weighted by Crippen LogP contribution is -2.47. The van der Waals surface area contributed by atoms with Crippen molar-refractivity contribution in [1.29, 1.82) is 0 Å². The molecule has 0 unspecified atom stereocenters. The number of benzene rings is 1. The van der Waals surface area contributed by atoms with Crippen molar-refractivity contribution < 1.29 is 14.3 Å². The lowest BCUT2D eigenvalue weighted by atomic mass is 10.0. The van der Waals surface area contributed by atoms with Crippen LogP contribution in [-0.2, 0) is 6.42 Å². The van der Waals surface area contributed by atoms with E-state index in [4.69, 9.17) is 4.74 Å². The molecule has 1 saturated carbocycles. The number of nitrogens with one attached hydrogen (secondary N) is 1. The molecule has 1 N–H and O–H groups in total. The summed E-state index contributed by atoms with van der Waals surface area (Å²) in [6.45, 7) is 2.00. The van der Waals surface area contributed by atoms with Crippen LogP contribution in [0.4, 0.5) is 0 Å². The van der Waals surface area contributed by atoms with E-state index >= 15 is 0 Å². The molecule has 124 valence electrons. The molecular weight excluding hydrogens is 324 g/mol. The zero-order valence-corrected chi connectivity index (χ0v) is 14.2. The minimum atomic E-state index is -0.652. The highest BCUT2D eigenvalue weighted by Gasteiger charge is 2.31. The molecule has 4 rings (SSSR count). The van der Waals surface area contributed by atoms with Gasteiger partial charge in [-0.25, -0.2) is 4.98 Å². The zero-order valence-electron chi connectivity index (χ0n) is 13.4. The van der Waals surface area contributed by atoms with Gasteiger partial charge in [-0.3, -0.25) is 9.59 Å². The van der Waals surface area contributed by atoms with Crippen molar-refractivity contribution in [1.82, 2.24) is 10.3 Å². The lowest BCUT2D eigenvalue weighted by molar-refractivity contribution is 0.0796. The van der Waals surface area contributed by atoms with E-state index in [1.54, 1.807) is 18.2 Å². The van der Waals surface area contributed by atoms with Gasteiger partial charge in [0.1, 0.15) is 23.3 Å². The third-order valence-corrected chi connectivity index (χ3v) is 5.57. The number of carbonyl (C=O) groups excluding carboxylic acids is 2. The number of hydrogen-bond acceptors (Lipinski definition) is 5. The number of para-hydroxylation sites is 1. The number of Topliss-reactive ketones (excluding diaryl/α,β-unsaturated/α-hetero) is 1. The van der Waals surface area contributed by atoms with Crippen molar-refractivity contribution in [3.63, 3.8) is 0 Å². The number of nitrogens with zero attached hydrogens (tertiary/aromatic N) is 1. The quantitative estimate of drug-likeness (QED) is 0.928. The number of fused-ring (bicyclic) bond motifs is 1. The van der Waals surface area contributed by atoms with Crippen molar-refractivity contribution in [2.75, 3.05) is 6.61 Å². The molecule has 5 nitrogen and oxygen atoms in total. The summed E-state index contributed by atoms with van der Waals surface area (Å²) in [6, 6.07) is 6.46. The van der Waals surface area contributed by atoms with Gasteiger partial charge in [-0.1, -0.05) is 12.1 Å². The number of carbonyl (C=O) groups is 2. The fraction of sp³-hybridized carbons (Fsp3) is 0.389. The van der Waals surface area contributed by atoms with Gasteiger partial charge < -0.3 is 10.1 Å². The number of rotatable bonds is 4.